The highest BCUT2D eigenvalue weighted by atomic mass is 16.4. The Morgan fingerprint density at radius 1 is 1.11 bits per heavy atom. The van der Waals surface area contributed by atoms with Crippen molar-refractivity contribution >= 4 is 5.97 Å². The van der Waals surface area contributed by atoms with Gasteiger partial charge in [-0.25, -0.2) is 0 Å². The summed E-state index contributed by atoms with van der Waals surface area (Å²) in [6, 6.07) is 4.35. The molecule has 0 bridgehead atoms. The third-order valence-electron chi connectivity index (χ3n) is 4.19. The van der Waals surface area contributed by atoms with Crippen LogP contribution in [0.2, 0.25) is 0 Å². The van der Waals surface area contributed by atoms with Crippen molar-refractivity contribution in [3.63, 3.8) is 0 Å². The lowest BCUT2D eigenvalue weighted by Crippen LogP contribution is -2.26. The number of benzene rings is 1. The van der Waals surface area contributed by atoms with E-state index in [1.165, 1.54) is 22.3 Å². The Morgan fingerprint density at radius 2 is 1.67 bits per heavy atom. The van der Waals surface area contributed by atoms with E-state index in [1.54, 1.807) is 0 Å². The summed E-state index contributed by atoms with van der Waals surface area (Å²) in [7, 11) is 0. The van der Waals surface area contributed by atoms with Gasteiger partial charge in [-0.3, -0.25) is 4.79 Å². The van der Waals surface area contributed by atoms with Crippen LogP contribution < -0.4 is 0 Å². The van der Waals surface area contributed by atoms with E-state index in [0.717, 1.165) is 25.7 Å². The Bertz CT molecular complexity index is 439. The van der Waals surface area contributed by atoms with E-state index < -0.39 is 5.97 Å². The third kappa shape index (κ3) is 2.43. The molecule has 0 amide bonds. The average molecular weight is 246 g/mol. The fourth-order valence-electron chi connectivity index (χ4n) is 3.55. The zero-order chi connectivity index (χ0) is 13.3. The molecule has 1 aromatic rings. The van der Waals surface area contributed by atoms with Gasteiger partial charge in [0.25, 0.3) is 0 Å². The van der Waals surface area contributed by atoms with Gasteiger partial charge in [0.2, 0.25) is 0 Å². The van der Waals surface area contributed by atoms with Gasteiger partial charge in [-0.2, -0.15) is 0 Å². The second kappa shape index (κ2) is 5.13. The molecule has 2 atom stereocenters. The van der Waals surface area contributed by atoms with Crippen molar-refractivity contribution in [3.8, 4) is 0 Å². The van der Waals surface area contributed by atoms with Gasteiger partial charge in [0.1, 0.15) is 0 Å². The van der Waals surface area contributed by atoms with E-state index in [1.807, 2.05) is 0 Å². The Labute approximate surface area is 109 Å². The van der Waals surface area contributed by atoms with Crippen LogP contribution in [0.15, 0.2) is 12.1 Å². The Kier molecular flexibility index (Phi) is 3.74. The maximum atomic E-state index is 11.4. The highest BCUT2D eigenvalue weighted by molar-refractivity contribution is 5.72. The van der Waals surface area contributed by atoms with Crippen molar-refractivity contribution in [1.29, 1.82) is 0 Å². The van der Waals surface area contributed by atoms with Gasteiger partial charge in [-0.15, -0.1) is 0 Å². The quantitative estimate of drug-likeness (QED) is 0.857. The van der Waals surface area contributed by atoms with Crippen molar-refractivity contribution in [2.75, 3.05) is 0 Å². The standard InChI is InChI=1S/C16H22O2/c1-10-8-11(2)15(12(3)9-10)13-6-4-5-7-14(13)16(17)18/h8-9,13-14H,4-7H2,1-3H3,(H,17,18). The number of aliphatic carboxylic acids is 1. The van der Waals surface area contributed by atoms with Crippen molar-refractivity contribution < 1.29 is 9.90 Å². The summed E-state index contributed by atoms with van der Waals surface area (Å²) in [6.07, 6.45) is 4.05. The summed E-state index contributed by atoms with van der Waals surface area (Å²) in [4.78, 5) is 11.4. The Hall–Kier alpha value is -1.31. The number of carbonyl (C=O) groups is 1. The SMILES string of the molecule is Cc1cc(C)c(C2CCCCC2C(=O)O)c(C)c1. The molecule has 2 rings (SSSR count). The predicted octanol–water partition coefficient (Wildman–Crippen LogP) is 3.97. The number of hydrogen-bond donors (Lipinski definition) is 1. The molecule has 98 valence electrons. The van der Waals surface area contributed by atoms with E-state index in [-0.39, 0.29) is 11.8 Å². The maximum absolute atomic E-state index is 11.4. The molecule has 2 nitrogen and oxygen atoms in total. The van der Waals surface area contributed by atoms with Crippen LogP contribution in [-0.4, -0.2) is 11.1 Å². The van der Waals surface area contributed by atoms with Crippen LogP contribution >= 0.6 is 0 Å². The highest BCUT2D eigenvalue weighted by Crippen LogP contribution is 2.40. The van der Waals surface area contributed by atoms with E-state index in [9.17, 15) is 9.90 Å². The molecule has 2 unspecified atom stereocenters. The molecule has 2 heteroatoms. The topological polar surface area (TPSA) is 37.3 Å². The molecule has 1 aliphatic rings. The lowest BCUT2D eigenvalue weighted by molar-refractivity contribution is -0.143. The first-order valence-corrected chi connectivity index (χ1v) is 6.81. The Balaban J connectivity index is 2.43. The van der Waals surface area contributed by atoms with Crippen LogP contribution in [0, 0.1) is 26.7 Å². The van der Waals surface area contributed by atoms with Gasteiger partial charge in [0.05, 0.1) is 5.92 Å². The molecule has 1 aromatic carbocycles. The lowest BCUT2D eigenvalue weighted by Gasteiger charge is -2.31. The normalized spacial score (nSPS) is 23.9. The first-order chi connectivity index (χ1) is 8.50. The van der Waals surface area contributed by atoms with Gasteiger partial charge in [0, 0.05) is 0 Å². The summed E-state index contributed by atoms with van der Waals surface area (Å²) in [5, 5.41) is 9.41. The fourth-order valence-corrected chi connectivity index (χ4v) is 3.55. The molecule has 18 heavy (non-hydrogen) atoms. The number of carboxylic acids is 1. The first-order valence-electron chi connectivity index (χ1n) is 6.81. The summed E-state index contributed by atoms with van der Waals surface area (Å²) >= 11 is 0. The van der Waals surface area contributed by atoms with Crippen molar-refractivity contribution in [2.24, 2.45) is 5.92 Å². The van der Waals surface area contributed by atoms with Crippen molar-refractivity contribution in [2.45, 2.75) is 52.4 Å². The van der Waals surface area contributed by atoms with Crippen LogP contribution in [0.3, 0.4) is 0 Å². The van der Waals surface area contributed by atoms with E-state index in [2.05, 4.69) is 32.9 Å². The largest absolute Gasteiger partial charge is 0.481 e. The summed E-state index contributed by atoms with van der Waals surface area (Å²) < 4.78 is 0. The van der Waals surface area contributed by atoms with E-state index in [0.29, 0.717) is 0 Å². The molecule has 1 fully saturated rings. The molecule has 0 radical (unpaired) electrons. The minimum atomic E-state index is -0.626. The minimum absolute atomic E-state index is 0.196. The summed E-state index contributed by atoms with van der Waals surface area (Å²) in [5.41, 5.74) is 5.06. The molecule has 1 N–H and O–H groups in total. The first kappa shape index (κ1) is 13.1. The predicted molar refractivity (Wildman–Crippen MR) is 73.0 cm³/mol. The zero-order valence-electron chi connectivity index (χ0n) is 11.5. The molecule has 0 saturated heterocycles. The number of rotatable bonds is 2. The van der Waals surface area contributed by atoms with Crippen LogP contribution in [0.5, 0.6) is 0 Å². The molecule has 0 heterocycles. The van der Waals surface area contributed by atoms with Crippen LogP contribution in [0.1, 0.15) is 53.9 Å². The lowest BCUT2D eigenvalue weighted by atomic mass is 9.73. The van der Waals surface area contributed by atoms with Gasteiger partial charge in [-0.1, -0.05) is 30.5 Å². The molecule has 0 aliphatic heterocycles. The second-order valence-corrected chi connectivity index (χ2v) is 5.65. The van der Waals surface area contributed by atoms with Crippen LogP contribution in [0.4, 0.5) is 0 Å². The maximum Gasteiger partial charge on any atom is 0.307 e. The smallest absolute Gasteiger partial charge is 0.307 e. The number of hydrogen-bond acceptors (Lipinski definition) is 1. The van der Waals surface area contributed by atoms with Crippen molar-refractivity contribution in [3.05, 3.63) is 34.4 Å². The molecular weight excluding hydrogens is 224 g/mol. The monoisotopic (exact) mass is 246 g/mol. The minimum Gasteiger partial charge on any atom is -0.481 e. The summed E-state index contributed by atoms with van der Waals surface area (Å²) in [5.74, 6) is -0.616. The van der Waals surface area contributed by atoms with Gasteiger partial charge in [-0.05, 0) is 56.2 Å². The number of carboxylic acid groups (broad SMARTS) is 1. The molecular formula is C16H22O2. The van der Waals surface area contributed by atoms with Gasteiger partial charge < -0.3 is 5.11 Å². The van der Waals surface area contributed by atoms with Gasteiger partial charge >= 0.3 is 5.97 Å². The molecule has 0 spiro atoms. The van der Waals surface area contributed by atoms with E-state index in [4.69, 9.17) is 0 Å². The molecule has 1 saturated carbocycles. The van der Waals surface area contributed by atoms with Crippen molar-refractivity contribution in [1.82, 2.24) is 0 Å². The average Bonchev–Trinajstić information content (AvgIpc) is 2.28. The Morgan fingerprint density at radius 3 is 2.22 bits per heavy atom. The van der Waals surface area contributed by atoms with Crippen LogP contribution in [0.25, 0.3) is 0 Å². The number of aryl methyl sites for hydroxylation is 3. The third-order valence-corrected chi connectivity index (χ3v) is 4.19. The zero-order valence-corrected chi connectivity index (χ0v) is 11.5. The van der Waals surface area contributed by atoms with Gasteiger partial charge in [0.15, 0.2) is 0 Å². The molecule has 0 aromatic heterocycles. The fraction of sp³-hybridized carbons (Fsp3) is 0.562. The highest BCUT2D eigenvalue weighted by Gasteiger charge is 2.33. The summed E-state index contributed by atoms with van der Waals surface area (Å²) in [6.45, 7) is 6.32. The van der Waals surface area contributed by atoms with Crippen LogP contribution in [-0.2, 0) is 4.79 Å². The van der Waals surface area contributed by atoms with E-state index >= 15 is 0 Å². The second-order valence-electron chi connectivity index (χ2n) is 5.65. The molecule has 1 aliphatic carbocycles.